The third-order valence-electron chi connectivity index (χ3n) is 3.74. The van der Waals surface area contributed by atoms with Gasteiger partial charge in [-0.1, -0.05) is 6.07 Å². The molecule has 5 heteroatoms. The molecule has 1 atom stereocenters. The number of aryl methyl sites for hydroxylation is 1. The maximum Gasteiger partial charge on any atom is 0.104 e. The largest absolute Gasteiger partial charge is 0.396 e. The van der Waals surface area contributed by atoms with Gasteiger partial charge in [0.1, 0.15) is 5.82 Å². The maximum absolute atomic E-state index is 9.51. The normalized spacial score (nSPS) is 19.7. The lowest BCUT2D eigenvalue weighted by Gasteiger charge is -2.44. The molecule has 4 N–H and O–H groups in total. The van der Waals surface area contributed by atoms with Gasteiger partial charge in [-0.25, -0.2) is 4.98 Å². The Balaban J connectivity index is 1.98. The zero-order valence-corrected chi connectivity index (χ0v) is 10.3. The van der Waals surface area contributed by atoms with Crippen LogP contribution in [0.2, 0.25) is 0 Å². The number of aliphatic hydroxyl groups excluding tert-OH is 1. The average molecular weight is 247 g/mol. The summed E-state index contributed by atoms with van der Waals surface area (Å²) in [6, 6.07) is 5.72. The molecule has 1 unspecified atom stereocenters. The second-order valence-electron chi connectivity index (χ2n) is 5.09. The van der Waals surface area contributed by atoms with E-state index in [1.807, 2.05) is 25.1 Å². The highest BCUT2D eigenvalue weighted by Gasteiger charge is 2.44. The van der Waals surface area contributed by atoms with Crippen LogP contribution < -0.4 is 5.73 Å². The van der Waals surface area contributed by atoms with Crippen LogP contribution in [0.5, 0.6) is 0 Å². The first kappa shape index (κ1) is 11.6. The molecule has 0 bridgehead atoms. The third-order valence-corrected chi connectivity index (χ3v) is 3.74. The molecule has 0 spiro atoms. The molecule has 5 nitrogen and oxygen atoms in total. The number of aromatic amines is 1. The molecule has 1 aromatic heterocycles. The van der Waals surface area contributed by atoms with Crippen LogP contribution in [0.15, 0.2) is 18.2 Å². The number of hydrogen-bond acceptors (Lipinski definition) is 4. The van der Waals surface area contributed by atoms with E-state index in [9.17, 15) is 5.11 Å². The molecule has 1 saturated heterocycles. The summed E-state index contributed by atoms with van der Waals surface area (Å²) < 4.78 is 5.20. The molecule has 1 aromatic carbocycles. The van der Waals surface area contributed by atoms with Gasteiger partial charge in [0.2, 0.25) is 0 Å². The molecule has 1 aliphatic heterocycles. The van der Waals surface area contributed by atoms with Crippen molar-refractivity contribution in [3.63, 3.8) is 0 Å². The van der Waals surface area contributed by atoms with Crippen molar-refractivity contribution in [3.8, 4) is 0 Å². The summed E-state index contributed by atoms with van der Waals surface area (Å²) in [5.41, 5.74) is 8.86. The Hall–Kier alpha value is -1.43. The zero-order chi connectivity index (χ0) is 12.8. The van der Waals surface area contributed by atoms with E-state index in [0.717, 1.165) is 22.4 Å². The Morgan fingerprint density at radius 2 is 2.33 bits per heavy atom. The number of benzene rings is 1. The van der Waals surface area contributed by atoms with Gasteiger partial charge in [0, 0.05) is 6.04 Å². The number of hydrogen-bond donors (Lipinski definition) is 3. The quantitative estimate of drug-likeness (QED) is 0.751. The van der Waals surface area contributed by atoms with Crippen molar-refractivity contribution in [1.82, 2.24) is 9.97 Å². The van der Waals surface area contributed by atoms with Gasteiger partial charge in [0.05, 0.1) is 36.3 Å². The molecule has 2 heterocycles. The van der Waals surface area contributed by atoms with E-state index in [0.29, 0.717) is 13.2 Å². The van der Waals surface area contributed by atoms with Crippen LogP contribution >= 0.6 is 0 Å². The first-order chi connectivity index (χ1) is 8.64. The van der Waals surface area contributed by atoms with Crippen molar-refractivity contribution in [3.05, 3.63) is 29.6 Å². The molecule has 1 fully saturated rings. The van der Waals surface area contributed by atoms with Crippen LogP contribution in [-0.2, 0) is 4.74 Å². The molecule has 1 aliphatic rings. The number of fused-ring (bicyclic) bond motifs is 1. The second kappa shape index (κ2) is 4.05. The van der Waals surface area contributed by atoms with E-state index in [1.54, 1.807) is 0 Å². The van der Waals surface area contributed by atoms with Gasteiger partial charge in [-0.3, -0.25) is 0 Å². The summed E-state index contributed by atoms with van der Waals surface area (Å²) in [6.07, 6.45) is 0. The van der Waals surface area contributed by atoms with Crippen LogP contribution in [0.4, 0.5) is 0 Å². The van der Waals surface area contributed by atoms with Gasteiger partial charge in [0.25, 0.3) is 0 Å². The SMILES string of the molecule is Cc1nc2ccc(C(N)C3(CO)COC3)cc2[nH]1. The van der Waals surface area contributed by atoms with E-state index in [4.69, 9.17) is 10.5 Å². The van der Waals surface area contributed by atoms with Gasteiger partial charge >= 0.3 is 0 Å². The monoisotopic (exact) mass is 247 g/mol. The predicted octanol–water partition coefficient (Wildman–Crippen LogP) is 0.880. The fraction of sp³-hybridized carbons (Fsp3) is 0.462. The molecule has 96 valence electrons. The lowest BCUT2D eigenvalue weighted by Crippen LogP contribution is -2.52. The standard InChI is InChI=1S/C13H17N3O2/c1-8-15-10-3-2-9(4-11(10)16-8)12(14)13(5-17)6-18-7-13/h2-4,12,17H,5-7,14H2,1H3,(H,15,16). The highest BCUT2D eigenvalue weighted by molar-refractivity contribution is 5.76. The van der Waals surface area contributed by atoms with Gasteiger partial charge in [-0.15, -0.1) is 0 Å². The number of nitrogens with one attached hydrogen (secondary N) is 1. The number of imidazole rings is 1. The van der Waals surface area contributed by atoms with Crippen molar-refractivity contribution < 1.29 is 9.84 Å². The van der Waals surface area contributed by atoms with Crippen LogP contribution in [0.1, 0.15) is 17.4 Å². The summed E-state index contributed by atoms with van der Waals surface area (Å²) in [5.74, 6) is 0.888. The summed E-state index contributed by atoms with van der Waals surface area (Å²) in [5, 5.41) is 9.51. The number of aromatic nitrogens is 2. The molecule has 0 amide bonds. The van der Waals surface area contributed by atoms with Crippen molar-refractivity contribution in [2.45, 2.75) is 13.0 Å². The fourth-order valence-corrected chi connectivity index (χ4v) is 2.44. The summed E-state index contributed by atoms with van der Waals surface area (Å²) in [6.45, 7) is 3.01. The van der Waals surface area contributed by atoms with Crippen molar-refractivity contribution >= 4 is 11.0 Å². The first-order valence-electron chi connectivity index (χ1n) is 6.05. The van der Waals surface area contributed by atoms with Crippen LogP contribution in [-0.4, -0.2) is 34.9 Å². The van der Waals surface area contributed by atoms with Crippen molar-refractivity contribution in [2.75, 3.05) is 19.8 Å². The molecular weight excluding hydrogens is 230 g/mol. The molecular formula is C13H17N3O2. The fourth-order valence-electron chi connectivity index (χ4n) is 2.44. The van der Waals surface area contributed by atoms with E-state index in [-0.39, 0.29) is 18.1 Å². The predicted molar refractivity (Wildman–Crippen MR) is 68.1 cm³/mol. The van der Waals surface area contributed by atoms with E-state index < -0.39 is 0 Å². The van der Waals surface area contributed by atoms with Crippen LogP contribution in [0, 0.1) is 12.3 Å². The highest BCUT2D eigenvalue weighted by Crippen LogP contribution is 2.39. The summed E-state index contributed by atoms with van der Waals surface area (Å²) >= 11 is 0. The summed E-state index contributed by atoms with van der Waals surface area (Å²) in [4.78, 5) is 7.56. The zero-order valence-electron chi connectivity index (χ0n) is 10.3. The Kier molecular flexibility index (Phi) is 2.62. The van der Waals surface area contributed by atoms with Gasteiger partial charge < -0.3 is 20.6 Å². The molecule has 2 aromatic rings. The minimum absolute atomic E-state index is 0.0498. The highest BCUT2D eigenvalue weighted by atomic mass is 16.5. The van der Waals surface area contributed by atoms with Gasteiger partial charge in [-0.2, -0.15) is 0 Å². The van der Waals surface area contributed by atoms with Crippen LogP contribution in [0.3, 0.4) is 0 Å². The molecule has 0 radical (unpaired) electrons. The Morgan fingerprint density at radius 1 is 1.56 bits per heavy atom. The lowest BCUT2D eigenvalue weighted by molar-refractivity contribution is -0.150. The Morgan fingerprint density at radius 3 is 2.94 bits per heavy atom. The van der Waals surface area contributed by atoms with Crippen molar-refractivity contribution in [2.24, 2.45) is 11.1 Å². The lowest BCUT2D eigenvalue weighted by atomic mass is 9.76. The molecule has 3 rings (SSSR count). The molecule has 0 aliphatic carbocycles. The number of rotatable bonds is 3. The second-order valence-corrected chi connectivity index (χ2v) is 5.09. The minimum atomic E-state index is -0.331. The van der Waals surface area contributed by atoms with Gasteiger partial charge in [0.15, 0.2) is 0 Å². The number of aliphatic hydroxyl groups is 1. The number of nitrogens with zero attached hydrogens (tertiary/aromatic N) is 1. The third kappa shape index (κ3) is 1.63. The van der Waals surface area contributed by atoms with E-state index in [2.05, 4.69) is 9.97 Å². The van der Waals surface area contributed by atoms with Crippen LogP contribution in [0.25, 0.3) is 11.0 Å². The van der Waals surface area contributed by atoms with Crippen molar-refractivity contribution in [1.29, 1.82) is 0 Å². The number of H-pyrrole nitrogens is 1. The Labute approximate surface area is 105 Å². The smallest absolute Gasteiger partial charge is 0.104 e. The topological polar surface area (TPSA) is 84.2 Å². The average Bonchev–Trinajstić information content (AvgIpc) is 2.67. The molecule has 0 saturated carbocycles. The van der Waals surface area contributed by atoms with Gasteiger partial charge in [-0.05, 0) is 24.6 Å². The first-order valence-corrected chi connectivity index (χ1v) is 6.05. The van der Waals surface area contributed by atoms with E-state index >= 15 is 0 Å². The van der Waals surface area contributed by atoms with E-state index in [1.165, 1.54) is 0 Å². The maximum atomic E-state index is 9.51. The number of ether oxygens (including phenoxy) is 1. The molecule has 18 heavy (non-hydrogen) atoms. The summed E-state index contributed by atoms with van der Waals surface area (Å²) in [7, 11) is 0. The minimum Gasteiger partial charge on any atom is -0.396 e. The number of nitrogens with two attached hydrogens (primary N) is 1. The Bertz CT molecular complexity index is 569.